The van der Waals surface area contributed by atoms with Gasteiger partial charge in [-0.1, -0.05) is 194 Å². The number of para-hydroxylation sites is 1. The third kappa shape index (κ3) is 6.02. The molecule has 10 aromatic carbocycles. The maximum atomic E-state index is 6.14. The molecule has 0 spiro atoms. The molecule has 3 aliphatic rings. The lowest BCUT2D eigenvalue weighted by Crippen LogP contribution is -2.21. The van der Waals surface area contributed by atoms with E-state index in [0.29, 0.717) is 0 Å². The fourth-order valence-corrected chi connectivity index (χ4v) is 10.4. The van der Waals surface area contributed by atoms with Crippen LogP contribution in [-0.4, -0.2) is 0 Å². The van der Waals surface area contributed by atoms with Gasteiger partial charge >= 0.3 is 0 Å². The highest BCUT2D eigenvalue weighted by molar-refractivity contribution is 6.06. The number of anilines is 2. The van der Waals surface area contributed by atoms with Crippen molar-refractivity contribution >= 4 is 33.3 Å². The molecule has 0 fully saturated rings. The molecule has 300 valence electrons. The molecule has 0 saturated heterocycles. The molecule has 2 atom stereocenters. The smallest absolute Gasteiger partial charge is 0.135 e. The van der Waals surface area contributed by atoms with E-state index in [2.05, 4.69) is 229 Å². The number of hydrogen-bond donors (Lipinski definition) is 0. The van der Waals surface area contributed by atoms with Crippen LogP contribution in [0.15, 0.2) is 241 Å². The van der Waals surface area contributed by atoms with Crippen molar-refractivity contribution in [1.29, 1.82) is 0 Å². The van der Waals surface area contributed by atoms with Crippen LogP contribution in [0, 0.1) is 0 Å². The SMILES string of the molecule is c1ccc(-c2ccc(-c3ccc(-c4cc5c6cc4C(C5c4ccc(-c5ccc(-c7ccccc7)cc5)cc4)N6c4ccc(-c5ccc6oc7ccccc7c6c5)cc4)cc3)cc2)cc1. The van der Waals surface area contributed by atoms with E-state index in [1.54, 1.807) is 0 Å². The molecule has 0 amide bonds. The number of rotatable bonds is 8. The van der Waals surface area contributed by atoms with E-state index in [-0.39, 0.29) is 12.0 Å². The van der Waals surface area contributed by atoms with Gasteiger partial charge in [0.05, 0.1) is 6.04 Å². The van der Waals surface area contributed by atoms with Gasteiger partial charge in [-0.05, 0) is 126 Å². The number of hydrogen-bond acceptors (Lipinski definition) is 2. The summed E-state index contributed by atoms with van der Waals surface area (Å²) in [7, 11) is 0. The molecule has 14 rings (SSSR count). The largest absolute Gasteiger partial charge is 0.456 e. The molecule has 0 saturated carbocycles. The molecule has 2 aliphatic heterocycles. The van der Waals surface area contributed by atoms with E-state index >= 15 is 0 Å². The van der Waals surface area contributed by atoms with E-state index in [1.807, 2.05) is 12.1 Å². The lowest BCUT2D eigenvalue weighted by Gasteiger charge is -2.31. The van der Waals surface area contributed by atoms with E-state index in [1.165, 1.54) is 94.8 Å². The van der Waals surface area contributed by atoms with E-state index in [0.717, 1.165) is 21.9 Å². The molecule has 0 radical (unpaired) electrons. The van der Waals surface area contributed by atoms with Gasteiger partial charge in [0, 0.05) is 28.1 Å². The fourth-order valence-electron chi connectivity index (χ4n) is 10.4. The van der Waals surface area contributed by atoms with Gasteiger partial charge in [-0.3, -0.25) is 0 Å². The summed E-state index contributed by atoms with van der Waals surface area (Å²) in [6.45, 7) is 0. The molecular formula is C62H41NO. The van der Waals surface area contributed by atoms with Gasteiger partial charge in [0.15, 0.2) is 0 Å². The zero-order valence-electron chi connectivity index (χ0n) is 35.0. The first-order valence-corrected chi connectivity index (χ1v) is 22.2. The van der Waals surface area contributed by atoms with Crippen LogP contribution in [0.2, 0.25) is 0 Å². The van der Waals surface area contributed by atoms with Gasteiger partial charge in [-0.15, -0.1) is 0 Å². The predicted octanol–water partition coefficient (Wildman–Crippen LogP) is 16.9. The van der Waals surface area contributed by atoms with Gasteiger partial charge in [0.2, 0.25) is 0 Å². The van der Waals surface area contributed by atoms with Crippen molar-refractivity contribution in [3.05, 3.63) is 253 Å². The summed E-state index contributed by atoms with van der Waals surface area (Å²) in [5, 5.41) is 2.30. The average molecular weight is 816 g/mol. The summed E-state index contributed by atoms with van der Waals surface area (Å²) < 4.78 is 6.14. The lowest BCUT2D eigenvalue weighted by atomic mass is 9.76. The molecular weight excluding hydrogens is 775 g/mol. The quantitative estimate of drug-likeness (QED) is 0.152. The molecule has 11 aromatic rings. The molecule has 64 heavy (non-hydrogen) atoms. The summed E-state index contributed by atoms with van der Waals surface area (Å²) in [5.74, 6) is 0.229. The monoisotopic (exact) mass is 815 g/mol. The standard InChI is InChI=1S/C62H41NO/c1-3-9-40(10-4-1)42-15-19-44(20-16-42)46-23-27-49(28-24-46)54-38-57-58-39-56(54)62(61(57)50-29-25-47(26-30-50)45-21-17-43(18-22-45)41-11-5-2-6-12-41)63(58)52-34-31-48(32-35-52)51-33-36-60-55(37-51)53-13-7-8-14-59(53)64-60/h1-39,61-62H. The van der Waals surface area contributed by atoms with Gasteiger partial charge in [-0.2, -0.15) is 0 Å². The Bertz CT molecular complexity index is 3500. The Hall–Kier alpha value is -8.20. The molecule has 3 heterocycles. The zero-order chi connectivity index (χ0) is 42.1. The molecule has 1 aromatic heterocycles. The normalized spacial score (nSPS) is 14.8. The maximum absolute atomic E-state index is 6.14. The summed E-state index contributed by atoms with van der Waals surface area (Å²) >= 11 is 0. The average Bonchev–Trinajstić information content (AvgIpc) is 4.02. The molecule has 1 aliphatic carbocycles. The third-order valence-corrected chi connectivity index (χ3v) is 13.7. The molecule has 4 bridgehead atoms. The highest BCUT2D eigenvalue weighted by Gasteiger charge is 2.48. The first-order valence-electron chi connectivity index (χ1n) is 22.2. The second kappa shape index (κ2) is 14.7. The van der Waals surface area contributed by atoms with Crippen molar-refractivity contribution in [3.63, 3.8) is 0 Å². The second-order valence-corrected chi connectivity index (χ2v) is 17.2. The minimum absolute atomic E-state index is 0.158. The van der Waals surface area contributed by atoms with Crippen LogP contribution in [-0.2, 0) is 0 Å². The minimum atomic E-state index is 0.158. The minimum Gasteiger partial charge on any atom is -0.456 e. The molecule has 0 N–H and O–H groups in total. The van der Waals surface area contributed by atoms with E-state index in [4.69, 9.17) is 4.42 Å². The summed E-state index contributed by atoms with van der Waals surface area (Å²) in [5.41, 5.74) is 23.3. The highest BCUT2D eigenvalue weighted by atomic mass is 16.3. The van der Waals surface area contributed by atoms with Crippen molar-refractivity contribution in [1.82, 2.24) is 0 Å². The zero-order valence-corrected chi connectivity index (χ0v) is 35.0. The topological polar surface area (TPSA) is 16.4 Å². The van der Waals surface area contributed by atoms with Crippen LogP contribution in [0.1, 0.15) is 28.7 Å². The van der Waals surface area contributed by atoms with Gasteiger partial charge in [0.1, 0.15) is 11.2 Å². The van der Waals surface area contributed by atoms with Crippen molar-refractivity contribution < 1.29 is 4.42 Å². The Kier molecular flexibility index (Phi) is 8.39. The van der Waals surface area contributed by atoms with E-state index < -0.39 is 0 Å². The Morgan fingerprint density at radius 2 is 0.750 bits per heavy atom. The molecule has 2 heteroatoms. The molecule has 2 unspecified atom stereocenters. The number of benzene rings is 10. The van der Waals surface area contributed by atoms with Gasteiger partial charge in [0.25, 0.3) is 0 Å². The third-order valence-electron chi connectivity index (χ3n) is 13.7. The van der Waals surface area contributed by atoms with Crippen LogP contribution in [0.3, 0.4) is 0 Å². The first-order chi connectivity index (χ1) is 31.7. The van der Waals surface area contributed by atoms with Crippen LogP contribution < -0.4 is 4.90 Å². The first kappa shape index (κ1) is 36.5. The Balaban J connectivity index is 0.833. The Morgan fingerprint density at radius 1 is 0.312 bits per heavy atom. The van der Waals surface area contributed by atoms with Crippen molar-refractivity contribution in [2.75, 3.05) is 4.90 Å². The van der Waals surface area contributed by atoms with Gasteiger partial charge < -0.3 is 9.32 Å². The maximum Gasteiger partial charge on any atom is 0.135 e. The summed E-state index contributed by atoms with van der Waals surface area (Å²) in [6.07, 6.45) is 0. The Morgan fingerprint density at radius 3 is 1.33 bits per heavy atom. The summed E-state index contributed by atoms with van der Waals surface area (Å²) in [4.78, 5) is 2.59. The van der Waals surface area contributed by atoms with Crippen LogP contribution in [0.4, 0.5) is 11.4 Å². The summed E-state index contributed by atoms with van der Waals surface area (Å²) in [6, 6.07) is 86.6. The lowest BCUT2D eigenvalue weighted by molar-refractivity contribution is 0.661. The number of fused-ring (bicyclic) bond motifs is 4. The fraction of sp³-hybridized carbons (Fsp3) is 0.0323. The van der Waals surface area contributed by atoms with Crippen LogP contribution in [0.25, 0.3) is 88.7 Å². The van der Waals surface area contributed by atoms with Crippen LogP contribution in [0.5, 0.6) is 0 Å². The number of nitrogens with zero attached hydrogens (tertiary/aromatic N) is 1. The molecule has 2 nitrogen and oxygen atoms in total. The highest BCUT2D eigenvalue weighted by Crippen LogP contribution is 2.63. The predicted molar refractivity (Wildman–Crippen MR) is 266 cm³/mol. The second-order valence-electron chi connectivity index (χ2n) is 17.2. The number of furan rings is 1. The van der Waals surface area contributed by atoms with Gasteiger partial charge in [-0.25, -0.2) is 0 Å². The van der Waals surface area contributed by atoms with E-state index in [9.17, 15) is 0 Å². The van der Waals surface area contributed by atoms with Crippen molar-refractivity contribution in [3.8, 4) is 66.8 Å². The van der Waals surface area contributed by atoms with Crippen molar-refractivity contribution in [2.24, 2.45) is 0 Å². The van der Waals surface area contributed by atoms with Crippen LogP contribution >= 0.6 is 0 Å². The van der Waals surface area contributed by atoms with Crippen molar-refractivity contribution in [2.45, 2.75) is 12.0 Å². The Labute approximate surface area is 373 Å².